The second kappa shape index (κ2) is 6.71. The van der Waals surface area contributed by atoms with Crippen LogP contribution in [0.5, 0.6) is 0 Å². The van der Waals surface area contributed by atoms with E-state index in [-0.39, 0.29) is 0 Å². The van der Waals surface area contributed by atoms with Crippen LogP contribution in [0, 0.1) is 0 Å². The zero-order valence-electron chi connectivity index (χ0n) is 12.2. The van der Waals surface area contributed by atoms with Gasteiger partial charge in [0.15, 0.2) is 0 Å². The highest BCUT2D eigenvalue weighted by atomic mass is 16.4. The van der Waals surface area contributed by atoms with Crippen molar-refractivity contribution in [3.05, 3.63) is 0 Å². The maximum atomic E-state index is 11.7. The van der Waals surface area contributed by atoms with Crippen molar-refractivity contribution in [2.75, 3.05) is 19.6 Å². The largest absolute Gasteiger partial charge is 0.480 e. The highest BCUT2D eigenvalue weighted by Gasteiger charge is 2.42. The predicted octanol–water partition coefficient (Wildman–Crippen LogP) is 2.24. The maximum absolute atomic E-state index is 11.7. The molecule has 0 aromatic carbocycles. The van der Waals surface area contributed by atoms with Gasteiger partial charge in [0, 0.05) is 19.1 Å². The van der Waals surface area contributed by atoms with Gasteiger partial charge in [0.25, 0.3) is 0 Å². The first-order valence-corrected chi connectivity index (χ1v) is 7.90. The van der Waals surface area contributed by atoms with Gasteiger partial charge in [-0.3, -0.25) is 10.1 Å². The molecule has 1 heterocycles. The molecule has 1 aliphatic heterocycles. The van der Waals surface area contributed by atoms with Crippen LogP contribution in [0.25, 0.3) is 0 Å². The third kappa shape index (κ3) is 3.69. The van der Waals surface area contributed by atoms with Crippen LogP contribution in [0.2, 0.25) is 0 Å². The number of nitrogens with zero attached hydrogens (tertiary/aromatic N) is 1. The summed E-state index contributed by atoms with van der Waals surface area (Å²) in [7, 11) is 0. The summed E-state index contributed by atoms with van der Waals surface area (Å²) in [6, 6.07) is 0.419. The van der Waals surface area contributed by atoms with Crippen LogP contribution in [0.1, 0.15) is 58.3 Å². The number of nitrogens with one attached hydrogen (secondary N) is 1. The third-order valence-electron chi connectivity index (χ3n) is 4.74. The average molecular weight is 268 g/mol. The van der Waals surface area contributed by atoms with E-state index in [0.717, 1.165) is 51.7 Å². The Balaban J connectivity index is 1.93. The number of carboxylic acid groups (broad SMARTS) is 1. The SMILES string of the molecule is CCCN1CCC(NC2CCCCC2)(C(=O)O)CC1. The van der Waals surface area contributed by atoms with Crippen molar-refractivity contribution >= 4 is 5.97 Å². The lowest BCUT2D eigenvalue weighted by atomic mass is 9.84. The molecule has 1 aliphatic carbocycles. The second-order valence-corrected chi connectivity index (χ2v) is 6.21. The van der Waals surface area contributed by atoms with Crippen LogP contribution in [0.4, 0.5) is 0 Å². The molecule has 110 valence electrons. The molecular formula is C15H28N2O2. The van der Waals surface area contributed by atoms with Crippen LogP contribution in [-0.4, -0.2) is 47.2 Å². The van der Waals surface area contributed by atoms with Crippen LogP contribution in [-0.2, 0) is 4.79 Å². The summed E-state index contributed by atoms with van der Waals surface area (Å²) in [5, 5.41) is 13.2. The van der Waals surface area contributed by atoms with Gasteiger partial charge in [0.2, 0.25) is 0 Å². The Kier molecular flexibility index (Phi) is 5.22. The van der Waals surface area contributed by atoms with Crippen molar-refractivity contribution in [1.29, 1.82) is 0 Å². The van der Waals surface area contributed by atoms with E-state index >= 15 is 0 Å². The van der Waals surface area contributed by atoms with E-state index in [1.54, 1.807) is 0 Å². The Bertz CT molecular complexity index is 293. The molecule has 0 aromatic heterocycles. The van der Waals surface area contributed by atoms with Gasteiger partial charge in [-0.25, -0.2) is 0 Å². The van der Waals surface area contributed by atoms with Gasteiger partial charge in [-0.2, -0.15) is 0 Å². The Morgan fingerprint density at radius 1 is 1.26 bits per heavy atom. The van der Waals surface area contributed by atoms with Crippen molar-refractivity contribution in [3.63, 3.8) is 0 Å². The summed E-state index contributed by atoms with van der Waals surface area (Å²) in [6.45, 7) is 5.11. The van der Waals surface area contributed by atoms with Gasteiger partial charge < -0.3 is 10.0 Å². The fourth-order valence-electron chi connectivity index (χ4n) is 3.53. The normalized spacial score (nSPS) is 25.3. The maximum Gasteiger partial charge on any atom is 0.324 e. The molecular weight excluding hydrogens is 240 g/mol. The van der Waals surface area contributed by atoms with E-state index < -0.39 is 11.5 Å². The van der Waals surface area contributed by atoms with Crippen molar-refractivity contribution < 1.29 is 9.90 Å². The van der Waals surface area contributed by atoms with Crippen molar-refractivity contribution in [1.82, 2.24) is 10.2 Å². The van der Waals surface area contributed by atoms with Gasteiger partial charge in [0.1, 0.15) is 5.54 Å². The van der Waals surface area contributed by atoms with Crippen LogP contribution in [0.15, 0.2) is 0 Å². The highest BCUT2D eigenvalue weighted by molar-refractivity contribution is 5.79. The summed E-state index contributed by atoms with van der Waals surface area (Å²) in [5.74, 6) is -0.644. The molecule has 1 saturated carbocycles. The van der Waals surface area contributed by atoms with Gasteiger partial charge in [-0.05, 0) is 38.6 Å². The monoisotopic (exact) mass is 268 g/mol. The summed E-state index contributed by atoms with van der Waals surface area (Å²) in [6.07, 6.45) is 8.74. The van der Waals surface area contributed by atoms with E-state index in [9.17, 15) is 9.90 Å². The first kappa shape index (κ1) is 14.8. The molecule has 4 nitrogen and oxygen atoms in total. The minimum absolute atomic E-state index is 0.419. The molecule has 0 spiro atoms. The number of carboxylic acids is 1. The molecule has 2 rings (SSSR count). The second-order valence-electron chi connectivity index (χ2n) is 6.21. The number of hydrogen-bond acceptors (Lipinski definition) is 3. The zero-order chi connectivity index (χ0) is 13.7. The molecule has 0 aromatic rings. The molecule has 2 aliphatic rings. The zero-order valence-corrected chi connectivity index (χ0v) is 12.2. The lowest BCUT2D eigenvalue weighted by Crippen LogP contribution is -2.61. The Morgan fingerprint density at radius 3 is 2.42 bits per heavy atom. The van der Waals surface area contributed by atoms with Crippen LogP contribution < -0.4 is 5.32 Å². The molecule has 0 atom stereocenters. The van der Waals surface area contributed by atoms with Gasteiger partial charge in [-0.15, -0.1) is 0 Å². The topological polar surface area (TPSA) is 52.6 Å². The molecule has 1 saturated heterocycles. The number of aliphatic carboxylic acids is 1. The quantitative estimate of drug-likeness (QED) is 0.803. The minimum Gasteiger partial charge on any atom is -0.480 e. The molecule has 19 heavy (non-hydrogen) atoms. The molecule has 0 radical (unpaired) electrons. The summed E-state index contributed by atoms with van der Waals surface area (Å²) in [4.78, 5) is 14.1. The van der Waals surface area contributed by atoms with E-state index in [1.807, 2.05) is 0 Å². The Hall–Kier alpha value is -0.610. The van der Waals surface area contributed by atoms with Crippen LogP contribution in [0.3, 0.4) is 0 Å². The number of carbonyl (C=O) groups is 1. The molecule has 0 bridgehead atoms. The average Bonchev–Trinajstić information content (AvgIpc) is 2.42. The van der Waals surface area contributed by atoms with Crippen LogP contribution >= 0.6 is 0 Å². The summed E-state index contributed by atoms with van der Waals surface area (Å²) < 4.78 is 0. The van der Waals surface area contributed by atoms with Crippen molar-refractivity contribution in [3.8, 4) is 0 Å². The molecule has 4 heteroatoms. The summed E-state index contributed by atoms with van der Waals surface area (Å²) >= 11 is 0. The fourth-order valence-corrected chi connectivity index (χ4v) is 3.53. The standard InChI is InChI=1S/C15H28N2O2/c1-2-10-17-11-8-15(9-12-17,14(18)19)16-13-6-4-3-5-7-13/h13,16H,2-12H2,1H3,(H,18,19). The van der Waals surface area contributed by atoms with Gasteiger partial charge in [0.05, 0.1) is 0 Å². The van der Waals surface area contributed by atoms with E-state index in [1.165, 1.54) is 19.3 Å². The predicted molar refractivity (Wildman–Crippen MR) is 76.3 cm³/mol. The molecule has 0 amide bonds. The Morgan fingerprint density at radius 2 is 1.89 bits per heavy atom. The first-order chi connectivity index (χ1) is 9.16. The lowest BCUT2D eigenvalue weighted by Gasteiger charge is -2.42. The van der Waals surface area contributed by atoms with Gasteiger partial charge in [-0.1, -0.05) is 26.2 Å². The van der Waals surface area contributed by atoms with E-state index in [4.69, 9.17) is 0 Å². The number of piperidine rings is 1. The van der Waals surface area contributed by atoms with Crippen molar-refractivity contribution in [2.24, 2.45) is 0 Å². The number of likely N-dealkylation sites (tertiary alicyclic amines) is 1. The summed E-state index contributed by atoms with van der Waals surface area (Å²) in [5.41, 5.74) is -0.660. The fraction of sp³-hybridized carbons (Fsp3) is 0.933. The molecule has 2 fully saturated rings. The molecule has 2 N–H and O–H groups in total. The van der Waals surface area contributed by atoms with Gasteiger partial charge >= 0.3 is 5.97 Å². The van der Waals surface area contributed by atoms with Crippen molar-refractivity contribution in [2.45, 2.75) is 69.9 Å². The minimum atomic E-state index is -0.660. The van der Waals surface area contributed by atoms with E-state index in [0.29, 0.717) is 6.04 Å². The third-order valence-corrected chi connectivity index (χ3v) is 4.74. The van der Waals surface area contributed by atoms with E-state index in [2.05, 4.69) is 17.1 Å². The smallest absolute Gasteiger partial charge is 0.324 e. The molecule has 0 unspecified atom stereocenters. The number of rotatable bonds is 5. The first-order valence-electron chi connectivity index (χ1n) is 7.90. The Labute approximate surface area is 116 Å². The lowest BCUT2D eigenvalue weighted by molar-refractivity contribution is -0.147. The highest BCUT2D eigenvalue weighted by Crippen LogP contribution is 2.27. The number of hydrogen-bond donors (Lipinski definition) is 2.